The molecule has 1 saturated heterocycles. The van der Waals surface area contributed by atoms with Crippen LogP contribution < -0.4 is 5.73 Å². The van der Waals surface area contributed by atoms with E-state index in [0.29, 0.717) is 12.1 Å². The van der Waals surface area contributed by atoms with Crippen LogP contribution in [0.4, 0.5) is 0 Å². The number of aldehydes is 1. The first-order valence-electron chi connectivity index (χ1n) is 8.10. The van der Waals surface area contributed by atoms with Gasteiger partial charge in [-0.3, -0.25) is 4.79 Å². The van der Waals surface area contributed by atoms with Crippen LogP contribution in [-0.2, 0) is 9.31 Å². The third-order valence-electron chi connectivity index (χ3n) is 5.01. The highest BCUT2D eigenvalue weighted by molar-refractivity contribution is 6.55. The van der Waals surface area contributed by atoms with E-state index in [4.69, 9.17) is 15.0 Å². The quantitative estimate of drug-likeness (QED) is 0.669. The van der Waals surface area contributed by atoms with Crippen molar-refractivity contribution in [1.82, 2.24) is 4.98 Å². The van der Waals surface area contributed by atoms with Crippen LogP contribution in [0.2, 0.25) is 0 Å². The predicted molar refractivity (Wildman–Crippen MR) is 96.8 cm³/mol. The summed E-state index contributed by atoms with van der Waals surface area (Å²) in [6.07, 6.45) is 4.55. The molecule has 0 bridgehead atoms. The van der Waals surface area contributed by atoms with Gasteiger partial charge in [0.1, 0.15) is 0 Å². The van der Waals surface area contributed by atoms with Crippen molar-refractivity contribution in [3.63, 3.8) is 0 Å². The highest BCUT2D eigenvalue weighted by Gasteiger charge is 2.52. The lowest BCUT2D eigenvalue weighted by Crippen LogP contribution is -2.41. The fourth-order valence-corrected chi connectivity index (χ4v) is 2.79. The molecule has 0 radical (unpaired) electrons. The first-order valence-corrected chi connectivity index (χ1v) is 8.10. The number of benzene rings is 1. The average molecular weight is 326 g/mol. The Morgan fingerprint density at radius 3 is 2.50 bits per heavy atom. The number of carbonyl (C=O) groups excluding carboxylic acids is 1. The van der Waals surface area contributed by atoms with Crippen LogP contribution in [-0.4, -0.2) is 36.1 Å². The molecule has 0 atom stereocenters. The van der Waals surface area contributed by atoms with Gasteiger partial charge in [0.05, 0.1) is 11.2 Å². The molecule has 24 heavy (non-hydrogen) atoms. The summed E-state index contributed by atoms with van der Waals surface area (Å²) in [5.41, 5.74) is 8.58. The molecule has 3 rings (SSSR count). The first kappa shape index (κ1) is 17.0. The number of rotatable bonds is 4. The summed E-state index contributed by atoms with van der Waals surface area (Å²) in [6.45, 7) is 8.43. The van der Waals surface area contributed by atoms with Crippen molar-refractivity contribution in [2.75, 3.05) is 6.54 Å². The number of carbonyl (C=O) groups is 1. The molecule has 3 N–H and O–H groups in total. The van der Waals surface area contributed by atoms with Crippen LogP contribution in [0.5, 0.6) is 0 Å². The number of aromatic amines is 1. The molecule has 126 valence electrons. The van der Waals surface area contributed by atoms with Gasteiger partial charge in [-0.1, -0.05) is 18.2 Å². The Labute approximate surface area is 142 Å². The van der Waals surface area contributed by atoms with Crippen LogP contribution >= 0.6 is 0 Å². The standard InChI is InChI=1S/C18H23BN2O3/c1-17(2)18(3,4)24-19(23-17)14(9-20)7-12-5-6-15-13(11-22)10-21-16(15)8-12/h5-8,10-11,21H,9,20H2,1-4H3. The summed E-state index contributed by atoms with van der Waals surface area (Å²) in [4.78, 5) is 14.1. The minimum atomic E-state index is -0.454. The van der Waals surface area contributed by atoms with Gasteiger partial charge in [-0.05, 0) is 44.8 Å². The molecule has 6 heteroatoms. The molecule has 1 aliphatic heterocycles. The van der Waals surface area contributed by atoms with E-state index in [2.05, 4.69) is 4.98 Å². The fourth-order valence-electron chi connectivity index (χ4n) is 2.79. The maximum absolute atomic E-state index is 11.0. The van der Waals surface area contributed by atoms with Gasteiger partial charge in [-0.2, -0.15) is 0 Å². The van der Waals surface area contributed by atoms with Crippen molar-refractivity contribution in [3.05, 3.63) is 41.0 Å². The largest absolute Gasteiger partial charge is 0.491 e. The number of H-pyrrole nitrogens is 1. The predicted octanol–water partition coefficient (Wildman–Crippen LogP) is 2.95. The maximum atomic E-state index is 11.0. The minimum Gasteiger partial charge on any atom is -0.400 e. The normalized spacial score (nSPS) is 19.9. The van der Waals surface area contributed by atoms with Crippen molar-refractivity contribution in [1.29, 1.82) is 0 Å². The van der Waals surface area contributed by atoms with Gasteiger partial charge in [0.15, 0.2) is 6.29 Å². The number of aromatic nitrogens is 1. The van der Waals surface area contributed by atoms with E-state index < -0.39 is 18.3 Å². The van der Waals surface area contributed by atoms with E-state index in [-0.39, 0.29) is 0 Å². The number of nitrogens with two attached hydrogens (primary N) is 1. The lowest BCUT2D eigenvalue weighted by Gasteiger charge is -2.32. The topological polar surface area (TPSA) is 77.3 Å². The Hall–Kier alpha value is -1.89. The molecular weight excluding hydrogens is 303 g/mol. The molecule has 1 aliphatic rings. The average Bonchev–Trinajstić information content (AvgIpc) is 3.02. The summed E-state index contributed by atoms with van der Waals surface area (Å²) in [5.74, 6) is 0. The van der Waals surface area contributed by atoms with E-state index in [9.17, 15) is 4.79 Å². The van der Waals surface area contributed by atoms with E-state index in [1.807, 2.05) is 52.0 Å². The van der Waals surface area contributed by atoms with Crippen molar-refractivity contribution in [2.45, 2.75) is 38.9 Å². The number of fused-ring (bicyclic) bond motifs is 1. The van der Waals surface area contributed by atoms with Crippen molar-refractivity contribution < 1.29 is 14.1 Å². The Balaban J connectivity index is 1.92. The molecule has 0 aliphatic carbocycles. The monoisotopic (exact) mass is 326 g/mol. The summed E-state index contributed by atoms with van der Waals surface area (Å²) in [7, 11) is -0.454. The third-order valence-corrected chi connectivity index (χ3v) is 5.01. The zero-order valence-electron chi connectivity index (χ0n) is 14.6. The second-order valence-corrected chi connectivity index (χ2v) is 7.18. The van der Waals surface area contributed by atoms with E-state index in [0.717, 1.165) is 28.2 Å². The molecule has 0 spiro atoms. The van der Waals surface area contributed by atoms with Crippen LogP contribution in [0.1, 0.15) is 43.6 Å². The minimum absolute atomic E-state index is 0.346. The zero-order valence-corrected chi connectivity index (χ0v) is 14.6. The maximum Gasteiger partial charge on any atom is 0.491 e. The second-order valence-electron chi connectivity index (χ2n) is 7.18. The Morgan fingerprint density at radius 1 is 1.25 bits per heavy atom. The molecule has 1 aromatic heterocycles. The van der Waals surface area contributed by atoms with E-state index in [1.54, 1.807) is 6.20 Å². The van der Waals surface area contributed by atoms with Gasteiger partial charge in [-0.15, -0.1) is 0 Å². The zero-order chi connectivity index (χ0) is 17.5. The van der Waals surface area contributed by atoms with Crippen LogP contribution in [0, 0.1) is 0 Å². The summed E-state index contributed by atoms with van der Waals surface area (Å²) >= 11 is 0. The Bertz CT molecular complexity index is 792. The van der Waals surface area contributed by atoms with Crippen LogP contribution in [0.15, 0.2) is 29.9 Å². The lowest BCUT2D eigenvalue weighted by molar-refractivity contribution is 0.00578. The Morgan fingerprint density at radius 2 is 1.92 bits per heavy atom. The molecule has 0 saturated carbocycles. The van der Waals surface area contributed by atoms with Gasteiger partial charge in [0, 0.05) is 29.2 Å². The summed E-state index contributed by atoms with van der Waals surface area (Å²) < 4.78 is 12.1. The summed E-state index contributed by atoms with van der Waals surface area (Å²) in [6, 6.07) is 5.88. The van der Waals surface area contributed by atoms with Crippen LogP contribution in [0.3, 0.4) is 0 Å². The smallest absolute Gasteiger partial charge is 0.400 e. The Kier molecular flexibility index (Phi) is 4.15. The third kappa shape index (κ3) is 2.81. The van der Waals surface area contributed by atoms with Crippen LogP contribution in [0.25, 0.3) is 17.0 Å². The number of hydrogen-bond donors (Lipinski definition) is 2. The van der Waals surface area contributed by atoms with Crippen molar-refractivity contribution >= 4 is 30.4 Å². The highest BCUT2D eigenvalue weighted by Crippen LogP contribution is 2.38. The summed E-state index contributed by atoms with van der Waals surface area (Å²) in [5, 5.41) is 0.909. The first-order chi connectivity index (χ1) is 11.3. The van der Waals surface area contributed by atoms with Gasteiger partial charge < -0.3 is 20.0 Å². The molecule has 2 aromatic rings. The van der Waals surface area contributed by atoms with E-state index >= 15 is 0 Å². The second kappa shape index (κ2) is 5.88. The fraction of sp³-hybridized carbons (Fsp3) is 0.389. The SMILES string of the molecule is CC1(C)OB(C(=Cc2ccc3c(C=O)c[nH]c3c2)CN)OC1(C)C. The molecule has 0 unspecified atom stereocenters. The number of hydrogen-bond acceptors (Lipinski definition) is 4. The van der Waals surface area contributed by atoms with E-state index in [1.165, 1.54) is 0 Å². The molecular formula is C18H23BN2O3. The van der Waals surface area contributed by atoms with Gasteiger partial charge in [-0.25, -0.2) is 0 Å². The molecule has 2 heterocycles. The van der Waals surface area contributed by atoms with Gasteiger partial charge >= 0.3 is 7.12 Å². The highest BCUT2D eigenvalue weighted by atomic mass is 16.7. The van der Waals surface area contributed by atoms with Gasteiger partial charge in [0.2, 0.25) is 0 Å². The van der Waals surface area contributed by atoms with Crippen molar-refractivity contribution in [3.8, 4) is 0 Å². The molecule has 1 aromatic carbocycles. The molecule has 0 amide bonds. The number of nitrogens with one attached hydrogen (secondary N) is 1. The van der Waals surface area contributed by atoms with Gasteiger partial charge in [0.25, 0.3) is 0 Å². The molecule has 5 nitrogen and oxygen atoms in total. The van der Waals surface area contributed by atoms with Crippen molar-refractivity contribution in [2.24, 2.45) is 5.73 Å². The lowest BCUT2D eigenvalue weighted by atomic mass is 9.77. The molecule has 1 fully saturated rings.